The minimum Gasteiger partial charge on any atom is -0.330 e. The van der Waals surface area contributed by atoms with Gasteiger partial charge in [-0.05, 0) is 37.6 Å². The highest BCUT2D eigenvalue weighted by atomic mass is 15.1. The van der Waals surface area contributed by atoms with Crippen LogP contribution >= 0.6 is 0 Å². The van der Waals surface area contributed by atoms with Crippen molar-refractivity contribution in [2.75, 3.05) is 6.54 Å². The molecule has 0 unspecified atom stereocenters. The molecule has 0 fully saturated rings. The first-order chi connectivity index (χ1) is 8.24. The van der Waals surface area contributed by atoms with E-state index in [0.29, 0.717) is 6.54 Å². The van der Waals surface area contributed by atoms with Crippen molar-refractivity contribution in [2.24, 2.45) is 5.73 Å². The summed E-state index contributed by atoms with van der Waals surface area (Å²) in [6.07, 6.45) is 3.98. The van der Waals surface area contributed by atoms with Crippen molar-refractivity contribution < 1.29 is 0 Å². The molecule has 0 saturated carbocycles. The summed E-state index contributed by atoms with van der Waals surface area (Å²) in [4.78, 5) is 4.50. The lowest BCUT2D eigenvalue weighted by Gasteiger charge is -2.05. The van der Waals surface area contributed by atoms with Crippen LogP contribution in [0.1, 0.15) is 24.0 Å². The number of aromatic nitrogens is 2. The highest BCUT2D eigenvalue weighted by Crippen LogP contribution is 2.14. The van der Waals surface area contributed by atoms with Crippen LogP contribution in [0.5, 0.6) is 0 Å². The lowest BCUT2D eigenvalue weighted by atomic mass is 10.1. The van der Waals surface area contributed by atoms with Gasteiger partial charge in [0.15, 0.2) is 0 Å². The minimum absolute atomic E-state index is 0.644. The largest absolute Gasteiger partial charge is 0.330 e. The second-order valence-electron chi connectivity index (χ2n) is 4.21. The molecule has 0 aliphatic heterocycles. The summed E-state index contributed by atoms with van der Waals surface area (Å²) in [5.74, 6) is 1.01. The van der Waals surface area contributed by atoms with Gasteiger partial charge in [-0.1, -0.05) is 19.1 Å². The third-order valence-electron chi connectivity index (χ3n) is 2.96. The maximum atomic E-state index is 5.55. The van der Waals surface area contributed by atoms with Gasteiger partial charge in [0, 0.05) is 18.3 Å². The van der Waals surface area contributed by atoms with E-state index in [1.807, 2.05) is 6.92 Å². The fourth-order valence-corrected chi connectivity index (χ4v) is 1.95. The monoisotopic (exact) mass is 229 g/mol. The molecule has 3 heteroatoms. The molecular formula is C14H19N3. The number of rotatable bonds is 4. The van der Waals surface area contributed by atoms with Gasteiger partial charge >= 0.3 is 0 Å². The van der Waals surface area contributed by atoms with Crippen LogP contribution in [0.25, 0.3) is 5.69 Å². The van der Waals surface area contributed by atoms with Gasteiger partial charge in [-0.15, -0.1) is 0 Å². The highest BCUT2D eigenvalue weighted by Gasteiger charge is 2.05. The molecule has 1 aromatic carbocycles. The first-order valence-corrected chi connectivity index (χ1v) is 6.09. The third-order valence-corrected chi connectivity index (χ3v) is 2.96. The summed E-state index contributed by atoms with van der Waals surface area (Å²) in [5.41, 5.74) is 9.12. The van der Waals surface area contributed by atoms with E-state index in [9.17, 15) is 0 Å². The zero-order valence-corrected chi connectivity index (χ0v) is 10.5. The Bertz CT molecular complexity index is 483. The van der Waals surface area contributed by atoms with Crippen LogP contribution in [0.4, 0.5) is 0 Å². The number of hydrogen-bond acceptors (Lipinski definition) is 2. The molecule has 0 radical (unpaired) electrons. The van der Waals surface area contributed by atoms with Crippen molar-refractivity contribution in [1.82, 2.24) is 9.55 Å². The highest BCUT2D eigenvalue weighted by molar-refractivity contribution is 5.36. The number of aryl methyl sites for hydroxylation is 2. The zero-order valence-electron chi connectivity index (χ0n) is 10.5. The first-order valence-electron chi connectivity index (χ1n) is 6.09. The standard InChI is InChI=1S/C14H19N3/c1-3-12-4-6-14(7-5-12)17-10-13(8-9-15)16-11(17)2/h4-7,10H,3,8-9,15H2,1-2H3. The minimum atomic E-state index is 0.644. The van der Waals surface area contributed by atoms with Crippen molar-refractivity contribution in [3.05, 3.63) is 47.5 Å². The number of nitrogens with two attached hydrogens (primary N) is 1. The molecule has 2 aromatic rings. The first kappa shape index (κ1) is 11.9. The predicted molar refractivity (Wildman–Crippen MR) is 70.4 cm³/mol. The molecule has 1 aromatic heterocycles. The molecule has 17 heavy (non-hydrogen) atoms. The predicted octanol–water partition coefficient (Wildman–Crippen LogP) is 2.24. The summed E-state index contributed by atoms with van der Waals surface area (Å²) >= 11 is 0. The van der Waals surface area contributed by atoms with Crippen LogP contribution in [0.2, 0.25) is 0 Å². The second kappa shape index (κ2) is 5.15. The Balaban J connectivity index is 2.31. The summed E-state index contributed by atoms with van der Waals surface area (Å²) in [7, 11) is 0. The van der Waals surface area contributed by atoms with Crippen molar-refractivity contribution in [1.29, 1.82) is 0 Å². The summed E-state index contributed by atoms with van der Waals surface area (Å²) in [5, 5.41) is 0. The molecule has 1 heterocycles. The van der Waals surface area contributed by atoms with Gasteiger partial charge in [-0.2, -0.15) is 0 Å². The Morgan fingerprint density at radius 3 is 2.53 bits per heavy atom. The van der Waals surface area contributed by atoms with Crippen LogP contribution < -0.4 is 5.73 Å². The SMILES string of the molecule is CCc1ccc(-n2cc(CCN)nc2C)cc1. The lowest BCUT2D eigenvalue weighted by molar-refractivity contribution is 0.928. The van der Waals surface area contributed by atoms with Gasteiger partial charge in [0.1, 0.15) is 5.82 Å². The van der Waals surface area contributed by atoms with Crippen molar-refractivity contribution in [3.8, 4) is 5.69 Å². The zero-order chi connectivity index (χ0) is 12.3. The Morgan fingerprint density at radius 1 is 1.24 bits per heavy atom. The molecule has 0 aliphatic rings. The van der Waals surface area contributed by atoms with Gasteiger partial charge < -0.3 is 10.3 Å². The van der Waals surface area contributed by atoms with E-state index >= 15 is 0 Å². The quantitative estimate of drug-likeness (QED) is 0.873. The molecule has 90 valence electrons. The van der Waals surface area contributed by atoms with Gasteiger partial charge in [0.2, 0.25) is 0 Å². The average molecular weight is 229 g/mol. The van der Waals surface area contributed by atoms with E-state index in [4.69, 9.17) is 5.73 Å². The van der Waals surface area contributed by atoms with Gasteiger partial charge in [0.05, 0.1) is 5.69 Å². The summed E-state index contributed by atoms with van der Waals surface area (Å²) in [6, 6.07) is 8.61. The molecule has 2 rings (SSSR count). The van der Waals surface area contributed by atoms with Gasteiger partial charge in [-0.25, -0.2) is 4.98 Å². The van der Waals surface area contributed by atoms with Crippen molar-refractivity contribution in [2.45, 2.75) is 26.7 Å². The van der Waals surface area contributed by atoms with Crippen LogP contribution in [-0.4, -0.2) is 16.1 Å². The fourth-order valence-electron chi connectivity index (χ4n) is 1.95. The van der Waals surface area contributed by atoms with E-state index in [1.54, 1.807) is 0 Å². The third kappa shape index (κ3) is 2.56. The summed E-state index contributed by atoms with van der Waals surface area (Å²) < 4.78 is 2.12. The van der Waals surface area contributed by atoms with E-state index in [2.05, 4.69) is 46.9 Å². The topological polar surface area (TPSA) is 43.8 Å². The Labute approximate surface area is 102 Å². The van der Waals surface area contributed by atoms with E-state index < -0.39 is 0 Å². The number of benzene rings is 1. The molecule has 3 nitrogen and oxygen atoms in total. The summed E-state index contributed by atoms with van der Waals surface area (Å²) in [6.45, 7) is 4.83. The van der Waals surface area contributed by atoms with Gasteiger partial charge in [-0.3, -0.25) is 0 Å². The van der Waals surface area contributed by atoms with E-state index in [1.165, 1.54) is 5.56 Å². The van der Waals surface area contributed by atoms with Crippen LogP contribution in [0.3, 0.4) is 0 Å². The fraction of sp³-hybridized carbons (Fsp3) is 0.357. The molecule has 0 aliphatic carbocycles. The smallest absolute Gasteiger partial charge is 0.110 e. The molecular weight excluding hydrogens is 210 g/mol. The Kier molecular flexibility index (Phi) is 3.59. The second-order valence-corrected chi connectivity index (χ2v) is 4.21. The molecule has 0 bridgehead atoms. The Hall–Kier alpha value is -1.61. The molecule has 0 saturated heterocycles. The van der Waals surface area contributed by atoms with Gasteiger partial charge in [0.25, 0.3) is 0 Å². The molecule has 0 amide bonds. The van der Waals surface area contributed by atoms with Crippen LogP contribution in [-0.2, 0) is 12.8 Å². The molecule has 2 N–H and O–H groups in total. The molecule has 0 atom stereocenters. The Morgan fingerprint density at radius 2 is 1.94 bits per heavy atom. The van der Waals surface area contributed by atoms with Crippen molar-refractivity contribution >= 4 is 0 Å². The number of hydrogen-bond donors (Lipinski definition) is 1. The van der Waals surface area contributed by atoms with E-state index in [0.717, 1.165) is 30.0 Å². The number of nitrogens with zero attached hydrogens (tertiary/aromatic N) is 2. The normalized spacial score (nSPS) is 10.8. The van der Waals surface area contributed by atoms with Crippen molar-refractivity contribution in [3.63, 3.8) is 0 Å². The average Bonchev–Trinajstić information content (AvgIpc) is 2.71. The maximum Gasteiger partial charge on any atom is 0.110 e. The molecule has 0 spiro atoms. The number of imidazole rings is 1. The van der Waals surface area contributed by atoms with Crippen LogP contribution in [0, 0.1) is 6.92 Å². The van der Waals surface area contributed by atoms with E-state index in [-0.39, 0.29) is 0 Å². The lowest BCUT2D eigenvalue weighted by Crippen LogP contribution is -2.02. The maximum absolute atomic E-state index is 5.55. The van der Waals surface area contributed by atoms with Crippen LogP contribution in [0.15, 0.2) is 30.5 Å².